The Hall–Kier alpha value is -1.38. The second-order valence-electron chi connectivity index (χ2n) is 3.26. The van der Waals surface area contributed by atoms with Gasteiger partial charge in [0.05, 0.1) is 6.33 Å². The molecule has 0 saturated heterocycles. The lowest BCUT2D eigenvalue weighted by molar-refractivity contribution is 0.541. The molecule has 0 N–H and O–H groups in total. The first-order valence-corrected chi connectivity index (χ1v) is 4.60. The highest BCUT2D eigenvalue weighted by molar-refractivity contribution is 5.70. The topological polar surface area (TPSA) is 30.7 Å². The van der Waals surface area contributed by atoms with E-state index < -0.39 is 0 Å². The zero-order chi connectivity index (χ0) is 9.26. The van der Waals surface area contributed by atoms with Gasteiger partial charge in [0, 0.05) is 12.2 Å². The van der Waals surface area contributed by atoms with Crippen molar-refractivity contribution in [3.63, 3.8) is 0 Å². The first-order valence-electron chi connectivity index (χ1n) is 4.60. The van der Waals surface area contributed by atoms with Crippen LogP contribution in [0.1, 0.15) is 26.3 Å². The van der Waals surface area contributed by atoms with E-state index in [0.717, 1.165) is 17.6 Å². The molecule has 0 fully saturated rings. The van der Waals surface area contributed by atoms with Gasteiger partial charge in [-0.15, -0.1) is 0 Å². The van der Waals surface area contributed by atoms with Gasteiger partial charge >= 0.3 is 0 Å². The standard InChI is InChI=1S/C10H13N3/c1-3-8(2)13-7-12-9-5-4-6-11-10(9)13/h4-8H,3H2,1-2H3. The summed E-state index contributed by atoms with van der Waals surface area (Å²) in [5, 5.41) is 0. The fraction of sp³-hybridized carbons (Fsp3) is 0.400. The van der Waals surface area contributed by atoms with E-state index in [4.69, 9.17) is 0 Å². The number of imidazole rings is 1. The summed E-state index contributed by atoms with van der Waals surface area (Å²) in [6, 6.07) is 4.37. The number of aromatic nitrogens is 3. The molecule has 2 rings (SSSR count). The lowest BCUT2D eigenvalue weighted by atomic mass is 10.2. The molecule has 0 aromatic carbocycles. The van der Waals surface area contributed by atoms with Crippen LogP contribution in [0.25, 0.3) is 11.2 Å². The van der Waals surface area contributed by atoms with Gasteiger partial charge in [-0.3, -0.25) is 0 Å². The molecule has 0 aliphatic carbocycles. The minimum Gasteiger partial charge on any atom is -0.312 e. The van der Waals surface area contributed by atoms with Gasteiger partial charge in [-0.2, -0.15) is 0 Å². The molecule has 0 radical (unpaired) electrons. The first-order chi connectivity index (χ1) is 6.33. The molecule has 2 aromatic rings. The fourth-order valence-corrected chi connectivity index (χ4v) is 1.39. The monoisotopic (exact) mass is 175 g/mol. The Morgan fingerprint density at radius 1 is 1.46 bits per heavy atom. The summed E-state index contributed by atoms with van der Waals surface area (Å²) in [6.07, 6.45) is 4.77. The summed E-state index contributed by atoms with van der Waals surface area (Å²) >= 11 is 0. The number of rotatable bonds is 2. The van der Waals surface area contributed by atoms with Crippen LogP contribution < -0.4 is 0 Å². The molecule has 0 saturated carbocycles. The highest BCUT2D eigenvalue weighted by Gasteiger charge is 2.06. The summed E-state index contributed by atoms with van der Waals surface area (Å²) in [5.41, 5.74) is 1.96. The minimum atomic E-state index is 0.472. The maximum atomic E-state index is 4.31. The van der Waals surface area contributed by atoms with E-state index in [1.165, 1.54) is 0 Å². The maximum absolute atomic E-state index is 4.31. The third-order valence-electron chi connectivity index (χ3n) is 2.40. The normalized spacial score (nSPS) is 13.4. The average Bonchev–Trinajstić information content (AvgIpc) is 2.60. The van der Waals surface area contributed by atoms with E-state index in [0.29, 0.717) is 6.04 Å². The Bertz CT molecular complexity index is 405. The van der Waals surface area contributed by atoms with Gasteiger partial charge in [-0.1, -0.05) is 6.92 Å². The van der Waals surface area contributed by atoms with Gasteiger partial charge in [0.15, 0.2) is 5.65 Å². The van der Waals surface area contributed by atoms with Gasteiger partial charge in [-0.05, 0) is 25.5 Å². The van der Waals surface area contributed by atoms with E-state index in [2.05, 4.69) is 28.4 Å². The molecule has 68 valence electrons. The van der Waals surface area contributed by atoms with Crippen LogP contribution in [0.15, 0.2) is 24.7 Å². The van der Waals surface area contributed by atoms with Gasteiger partial charge < -0.3 is 4.57 Å². The molecular formula is C10H13N3. The molecule has 13 heavy (non-hydrogen) atoms. The van der Waals surface area contributed by atoms with Crippen molar-refractivity contribution in [2.75, 3.05) is 0 Å². The molecule has 0 bridgehead atoms. The molecule has 0 spiro atoms. The molecule has 0 aliphatic heterocycles. The SMILES string of the molecule is CCC(C)n1cnc2cccnc21. The highest BCUT2D eigenvalue weighted by atomic mass is 15.1. The molecule has 1 unspecified atom stereocenters. The average molecular weight is 175 g/mol. The first kappa shape index (κ1) is 8.23. The molecular weight excluding hydrogens is 162 g/mol. The lowest BCUT2D eigenvalue weighted by Crippen LogP contribution is -2.02. The summed E-state index contributed by atoms with van der Waals surface area (Å²) in [4.78, 5) is 8.60. The van der Waals surface area contributed by atoms with Gasteiger partial charge in [-0.25, -0.2) is 9.97 Å². The summed E-state index contributed by atoms with van der Waals surface area (Å²) in [7, 11) is 0. The number of fused-ring (bicyclic) bond motifs is 1. The Kier molecular flexibility index (Phi) is 2.00. The second kappa shape index (κ2) is 3.17. The number of nitrogens with zero attached hydrogens (tertiary/aromatic N) is 3. The highest BCUT2D eigenvalue weighted by Crippen LogP contribution is 2.16. The van der Waals surface area contributed by atoms with E-state index in [1.54, 1.807) is 0 Å². The van der Waals surface area contributed by atoms with Crippen molar-refractivity contribution in [2.45, 2.75) is 26.3 Å². The number of hydrogen-bond acceptors (Lipinski definition) is 2. The van der Waals surface area contributed by atoms with Gasteiger partial charge in [0.1, 0.15) is 5.52 Å². The second-order valence-corrected chi connectivity index (χ2v) is 3.26. The molecule has 3 nitrogen and oxygen atoms in total. The zero-order valence-corrected chi connectivity index (χ0v) is 7.94. The van der Waals surface area contributed by atoms with Gasteiger partial charge in [0.2, 0.25) is 0 Å². The van der Waals surface area contributed by atoms with Crippen LogP contribution in [0.3, 0.4) is 0 Å². The smallest absolute Gasteiger partial charge is 0.160 e. The van der Waals surface area contributed by atoms with Crippen molar-refractivity contribution in [3.8, 4) is 0 Å². The molecule has 0 amide bonds. The zero-order valence-electron chi connectivity index (χ0n) is 7.94. The Balaban J connectivity index is 2.57. The summed E-state index contributed by atoms with van der Waals surface area (Å²) < 4.78 is 2.12. The third kappa shape index (κ3) is 1.30. The maximum Gasteiger partial charge on any atom is 0.160 e. The van der Waals surface area contributed by atoms with Gasteiger partial charge in [0.25, 0.3) is 0 Å². The lowest BCUT2D eigenvalue weighted by Gasteiger charge is -2.09. The van der Waals surface area contributed by atoms with Crippen LogP contribution in [0.5, 0.6) is 0 Å². The largest absolute Gasteiger partial charge is 0.312 e. The van der Waals surface area contributed by atoms with Crippen LogP contribution in [-0.4, -0.2) is 14.5 Å². The van der Waals surface area contributed by atoms with Crippen molar-refractivity contribution in [1.82, 2.24) is 14.5 Å². The van der Waals surface area contributed by atoms with E-state index in [-0.39, 0.29) is 0 Å². The molecule has 2 aromatic heterocycles. The minimum absolute atomic E-state index is 0.472. The fourth-order valence-electron chi connectivity index (χ4n) is 1.39. The van der Waals surface area contributed by atoms with Crippen LogP contribution in [0.2, 0.25) is 0 Å². The number of pyridine rings is 1. The number of hydrogen-bond donors (Lipinski definition) is 0. The van der Waals surface area contributed by atoms with Crippen LogP contribution in [-0.2, 0) is 0 Å². The summed E-state index contributed by atoms with van der Waals surface area (Å²) in [5.74, 6) is 0. The third-order valence-corrected chi connectivity index (χ3v) is 2.40. The molecule has 0 aliphatic rings. The Labute approximate surface area is 77.4 Å². The van der Waals surface area contributed by atoms with Crippen molar-refractivity contribution < 1.29 is 0 Å². The van der Waals surface area contributed by atoms with Crippen molar-refractivity contribution in [2.24, 2.45) is 0 Å². The van der Waals surface area contributed by atoms with E-state index in [9.17, 15) is 0 Å². The van der Waals surface area contributed by atoms with E-state index in [1.807, 2.05) is 24.7 Å². The van der Waals surface area contributed by atoms with Crippen LogP contribution in [0, 0.1) is 0 Å². The predicted octanol–water partition coefficient (Wildman–Crippen LogP) is 2.40. The molecule has 3 heteroatoms. The predicted molar refractivity (Wildman–Crippen MR) is 52.5 cm³/mol. The van der Waals surface area contributed by atoms with Crippen molar-refractivity contribution in [3.05, 3.63) is 24.7 Å². The molecule has 1 atom stereocenters. The molecule has 2 heterocycles. The van der Waals surface area contributed by atoms with E-state index >= 15 is 0 Å². The quantitative estimate of drug-likeness (QED) is 0.701. The summed E-state index contributed by atoms with van der Waals surface area (Å²) in [6.45, 7) is 4.34. The van der Waals surface area contributed by atoms with Crippen molar-refractivity contribution in [1.29, 1.82) is 0 Å². The van der Waals surface area contributed by atoms with Crippen LogP contribution in [0.4, 0.5) is 0 Å². The van der Waals surface area contributed by atoms with Crippen LogP contribution >= 0.6 is 0 Å². The Morgan fingerprint density at radius 3 is 3.08 bits per heavy atom. The Morgan fingerprint density at radius 2 is 2.31 bits per heavy atom. The van der Waals surface area contributed by atoms with Crippen molar-refractivity contribution >= 4 is 11.2 Å².